The molecule has 0 aliphatic carbocycles. The van der Waals surface area contributed by atoms with Crippen LogP contribution in [0.1, 0.15) is 31.2 Å². The first kappa shape index (κ1) is 15.0. The molecule has 0 saturated carbocycles. The van der Waals surface area contributed by atoms with E-state index in [1.54, 1.807) is 13.2 Å². The highest BCUT2D eigenvalue weighted by Crippen LogP contribution is 2.13. The first-order valence-corrected chi connectivity index (χ1v) is 6.18. The Morgan fingerprint density at radius 1 is 1.26 bits per heavy atom. The molecule has 0 aliphatic heterocycles. The van der Waals surface area contributed by atoms with Crippen LogP contribution in [0.4, 0.5) is 0 Å². The second-order valence-corrected chi connectivity index (χ2v) is 4.18. The number of carboxylic acid groups (broad SMARTS) is 1. The average molecular weight is 262 g/mol. The molecule has 4 nitrogen and oxygen atoms in total. The number of ether oxygens (including phenoxy) is 1. The minimum atomic E-state index is -0.820. The van der Waals surface area contributed by atoms with Crippen LogP contribution in [-0.4, -0.2) is 24.0 Å². The van der Waals surface area contributed by atoms with Crippen molar-refractivity contribution in [1.82, 2.24) is 0 Å². The molecular formula is C15H18O4. The normalized spacial score (nSPS) is 10.6. The summed E-state index contributed by atoms with van der Waals surface area (Å²) in [5.74, 6) is -0.0661. The zero-order valence-electron chi connectivity index (χ0n) is 11.0. The average Bonchev–Trinajstić information content (AvgIpc) is 2.41. The predicted molar refractivity (Wildman–Crippen MR) is 73.1 cm³/mol. The summed E-state index contributed by atoms with van der Waals surface area (Å²) in [5.41, 5.74) is 0.901. The van der Waals surface area contributed by atoms with Crippen LogP contribution < -0.4 is 4.74 Å². The Morgan fingerprint density at radius 2 is 2.00 bits per heavy atom. The Kier molecular flexibility index (Phi) is 6.36. The van der Waals surface area contributed by atoms with E-state index in [4.69, 9.17) is 9.84 Å². The predicted octanol–water partition coefficient (Wildman–Crippen LogP) is 2.92. The van der Waals surface area contributed by atoms with Gasteiger partial charge in [-0.05, 0) is 36.6 Å². The van der Waals surface area contributed by atoms with Crippen molar-refractivity contribution in [3.63, 3.8) is 0 Å². The third-order valence-corrected chi connectivity index (χ3v) is 2.62. The zero-order valence-corrected chi connectivity index (χ0v) is 11.0. The Hall–Kier alpha value is -2.10. The van der Waals surface area contributed by atoms with E-state index in [0.29, 0.717) is 19.3 Å². The maximum Gasteiger partial charge on any atom is 0.303 e. The minimum Gasteiger partial charge on any atom is -0.497 e. The van der Waals surface area contributed by atoms with E-state index >= 15 is 0 Å². The number of rotatable bonds is 8. The Labute approximate surface area is 112 Å². The molecule has 1 N–H and O–H groups in total. The van der Waals surface area contributed by atoms with Gasteiger partial charge in [-0.3, -0.25) is 9.59 Å². The molecular weight excluding hydrogens is 244 g/mol. The molecule has 0 radical (unpaired) electrons. The Balaban J connectivity index is 2.38. The van der Waals surface area contributed by atoms with Crippen molar-refractivity contribution in [3.05, 3.63) is 35.9 Å². The zero-order chi connectivity index (χ0) is 14.1. The molecule has 0 fully saturated rings. The fourth-order valence-electron chi connectivity index (χ4n) is 1.59. The van der Waals surface area contributed by atoms with Gasteiger partial charge >= 0.3 is 5.97 Å². The molecule has 0 aliphatic rings. The van der Waals surface area contributed by atoms with E-state index in [1.165, 1.54) is 6.08 Å². The Bertz CT molecular complexity index is 463. The largest absolute Gasteiger partial charge is 0.497 e. The van der Waals surface area contributed by atoms with E-state index in [1.807, 2.05) is 24.3 Å². The van der Waals surface area contributed by atoms with E-state index in [9.17, 15) is 9.59 Å². The van der Waals surface area contributed by atoms with E-state index < -0.39 is 5.97 Å². The van der Waals surface area contributed by atoms with Gasteiger partial charge in [0.25, 0.3) is 0 Å². The second-order valence-electron chi connectivity index (χ2n) is 4.18. The molecule has 0 saturated heterocycles. The molecule has 19 heavy (non-hydrogen) atoms. The molecule has 0 amide bonds. The quantitative estimate of drug-likeness (QED) is 0.578. The molecule has 0 heterocycles. The highest BCUT2D eigenvalue weighted by Gasteiger charge is 2.00. The molecule has 0 spiro atoms. The first-order chi connectivity index (χ1) is 9.11. The fourth-order valence-corrected chi connectivity index (χ4v) is 1.59. The summed E-state index contributed by atoms with van der Waals surface area (Å²) in [6, 6.07) is 7.42. The summed E-state index contributed by atoms with van der Waals surface area (Å²) >= 11 is 0. The first-order valence-electron chi connectivity index (χ1n) is 6.18. The highest BCUT2D eigenvalue weighted by molar-refractivity contribution is 5.93. The lowest BCUT2D eigenvalue weighted by Gasteiger charge is -2.00. The number of allylic oxidation sites excluding steroid dienone is 1. The number of benzene rings is 1. The molecule has 1 aromatic rings. The molecule has 1 rings (SSSR count). The summed E-state index contributed by atoms with van der Waals surface area (Å²) < 4.78 is 5.09. The summed E-state index contributed by atoms with van der Waals surface area (Å²) in [4.78, 5) is 21.9. The number of carbonyl (C=O) groups excluding carboxylic acids is 1. The molecule has 0 aromatic heterocycles. The van der Waals surface area contributed by atoms with Gasteiger partial charge in [0.2, 0.25) is 0 Å². The van der Waals surface area contributed by atoms with Crippen LogP contribution in [0.25, 0.3) is 6.08 Å². The number of unbranched alkanes of at least 4 members (excludes halogenated alkanes) is 1. The van der Waals surface area contributed by atoms with Crippen molar-refractivity contribution < 1.29 is 19.4 Å². The molecule has 0 unspecified atom stereocenters. The summed E-state index contributed by atoms with van der Waals surface area (Å²) in [5, 5.41) is 8.47. The maximum atomic E-state index is 11.6. The molecule has 1 aromatic carbocycles. The second kappa shape index (κ2) is 8.08. The van der Waals surface area contributed by atoms with Crippen molar-refractivity contribution in [2.45, 2.75) is 25.7 Å². The van der Waals surface area contributed by atoms with Gasteiger partial charge in [-0.15, -0.1) is 0 Å². The van der Waals surface area contributed by atoms with E-state index in [0.717, 1.165) is 11.3 Å². The monoisotopic (exact) mass is 262 g/mol. The van der Waals surface area contributed by atoms with Crippen molar-refractivity contribution in [1.29, 1.82) is 0 Å². The fraction of sp³-hybridized carbons (Fsp3) is 0.333. The van der Waals surface area contributed by atoms with Gasteiger partial charge in [0.05, 0.1) is 7.11 Å². The minimum absolute atomic E-state index is 0.00760. The number of carboxylic acids is 1. The molecule has 102 valence electrons. The van der Waals surface area contributed by atoms with Crippen molar-refractivity contribution in [2.75, 3.05) is 7.11 Å². The SMILES string of the molecule is COc1cccc(C=CC(=O)CCCCC(=O)O)c1. The van der Waals surface area contributed by atoms with Gasteiger partial charge in [-0.1, -0.05) is 18.2 Å². The van der Waals surface area contributed by atoms with Crippen LogP contribution in [0, 0.1) is 0 Å². The molecule has 4 heteroatoms. The lowest BCUT2D eigenvalue weighted by molar-refractivity contribution is -0.137. The van der Waals surface area contributed by atoms with Crippen LogP contribution in [0.2, 0.25) is 0 Å². The van der Waals surface area contributed by atoms with Crippen LogP contribution in [0.3, 0.4) is 0 Å². The number of hydrogen-bond acceptors (Lipinski definition) is 3. The van der Waals surface area contributed by atoms with E-state index in [2.05, 4.69) is 0 Å². The summed E-state index contributed by atoms with van der Waals surface area (Å²) in [6.45, 7) is 0. The maximum absolute atomic E-state index is 11.6. The number of hydrogen-bond donors (Lipinski definition) is 1. The number of aliphatic carboxylic acids is 1. The molecule has 0 bridgehead atoms. The van der Waals surface area contributed by atoms with Gasteiger partial charge in [0.15, 0.2) is 5.78 Å². The molecule has 0 atom stereocenters. The van der Waals surface area contributed by atoms with Gasteiger partial charge in [-0.2, -0.15) is 0 Å². The lowest BCUT2D eigenvalue weighted by atomic mass is 10.1. The highest BCUT2D eigenvalue weighted by atomic mass is 16.5. The van der Waals surface area contributed by atoms with Crippen molar-refractivity contribution in [2.24, 2.45) is 0 Å². The standard InChI is InChI=1S/C15H18O4/c1-19-14-7-4-5-12(11-14)9-10-13(16)6-2-3-8-15(17)18/h4-5,7,9-11H,2-3,6,8H2,1H3,(H,17,18). The topological polar surface area (TPSA) is 63.6 Å². The van der Waals surface area contributed by atoms with Gasteiger partial charge in [0, 0.05) is 12.8 Å². The Morgan fingerprint density at radius 3 is 2.68 bits per heavy atom. The van der Waals surface area contributed by atoms with Gasteiger partial charge in [-0.25, -0.2) is 0 Å². The third kappa shape index (κ3) is 6.41. The third-order valence-electron chi connectivity index (χ3n) is 2.62. The van der Waals surface area contributed by atoms with E-state index in [-0.39, 0.29) is 12.2 Å². The van der Waals surface area contributed by atoms with Gasteiger partial charge < -0.3 is 9.84 Å². The van der Waals surface area contributed by atoms with Crippen molar-refractivity contribution in [3.8, 4) is 5.75 Å². The lowest BCUT2D eigenvalue weighted by Crippen LogP contribution is -1.96. The van der Waals surface area contributed by atoms with Crippen LogP contribution >= 0.6 is 0 Å². The van der Waals surface area contributed by atoms with Crippen LogP contribution in [-0.2, 0) is 9.59 Å². The summed E-state index contributed by atoms with van der Waals surface area (Å²) in [6.07, 6.45) is 4.90. The summed E-state index contributed by atoms with van der Waals surface area (Å²) in [7, 11) is 1.59. The van der Waals surface area contributed by atoms with Gasteiger partial charge in [0.1, 0.15) is 5.75 Å². The van der Waals surface area contributed by atoms with Crippen LogP contribution in [0.15, 0.2) is 30.3 Å². The smallest absolute Gasteiger partial charge is 0.303 e. The number of ketones is 1. The number of carbonyl (C=O) groups is 2. The number of methoxy groups -OCH3 is 1. The van der Waals surface area contributed by atoms with Crippen molar-refractivity contribution >= 4 is 17.8 Å². The van der Waals surface area contributed by atoms with Crippen LogP contribution in [0.5, 0.6) is 5.75 Å².